The molecular formula is C13H16O2. The predicted octanol–water partition coefficient (Wildman–Crippen LogP) is 2.78. The molecule has 0 radical (unpaired) electrons. The largest absolute Gasteiger partial charge is 0.493 e. The van der Waals surface area contributed by atoms with E-state index >= 15 is 0 Å². The molecule has 0 aliphatic carbocycles. The van der Waals surface area contributed by atoms with E-state index in [0.717, 1.165) is 17.7 Å². The van der Waals surface area contributed by atoms with Crippen molar-refractivity contribution in [2.45, 2.75) is 26.2 Å². The first-order valence-electron chi connectivity index (χ1n) is 5.45. The second-order valence-corrected chi connectivity index (χ2v) is 4.28. The van der Waals surface area contributed by atoms with Gasteiger partial charge in [0, 0.05) is 17.4 Å². The van der Waals surface area contributed by atoms with Gasteiger partial charge in [0.25, 0.3) is 0 Å². The third-order valence-corrected chi connectivity index (χ3v) is 2.87. The summed E-state index contributed by atoms with van der Waals surface area (Å²) < 4.78 is 5.53. The zero-order valence-electron chi connectivity index (χ0n) is 9.19. The van der Waals surface area contributed by atoms with Crippen molar-refractivity contribution in [2.24, 2.45) is 5.92 Å². The van der Waals surface area contributed by atoms with Gasteiger partial charge in [0.05, 0.1) is 6.61 Å². The summed E-state index contributed by atoms with van der Waals surface area (Å²) in [5, 5.41) is 0. The second kappa shape index (κ2) is 4.05. The number of carbonyl (C=O) groups excluding carboxylic acids is 1. The summed E-state index contributed by atoms with van der Waals surface area (Å²) in [6.07, 6.45) is 0.814. The van der Waals surface area contributed by atoms with Crippen LogP contribution in [-0.4, -0.2) is 12.4 Å². The lowest BCUT2D eigenvalue weighted by Gasteiger charge is -2.25. The van der Waals surface area contributed by atoms with Crippen molar-refractivity contribution in [1.29, 1.82) is 0 Å². The lowest BCUT2D eigenvalue weighted by atomic mass is 9.85. The number of hydrogen-bond acceptors (Lipinski definition) is 2. The zero-order valence-corrected chi connectivity index (χ0v) is 9.19. The van der Waals surface area contributed by atoms with E-state index < -0.39 is 0 Å². The van der Waals surface area contributed by atoms with Crippen LogP contribution in [0.25, 0.3) is 0 Å². The van der Waals surface area contributed by atoms with Crippen molar-refractivity contribution in [2.75, 3.05) is 6.61 Å². The van der Waals surface area contributed by atoms with Gasteiger partial charge in [-0.15, -0.1) is 0 Å². The lowest BCUT2D eigenvalue weighted by Crippen LogP contribution is -2.24. The molecule has 0 saturated heterocycles. The average molecular weight is 204 g/mol. The van der Waals surface area contributed by atoms with Gasteiger partial charge >= 0.3 is 0 Å². The highest BCUT2D eigenvalue weighted by Crippen LogP contribution is 2.35. The standard InChI is InChI=1S/C13H16O2/c1-9(2)13(14)11-7-8-15-12-6-4-3-5-10(11)12/h3-6,9,11H,7-8H2,1-2H3. The third-order valence-electron chi connectivity index (χ3n) is 2.87. The van der Waals surface area contributed by atoms with E-state index in [-0.39, 0.29) is 11.8 Å². The van der Waals surface area contributed by atoms with Gasteiger partial charge in [0.2, 0.25) is 0 Å². The molecule has 1 aliphatic heterocycles. The molecule has 0 aromatic heterocycles. The van der Waals surface area contributed by atoms with Crippen LogP contribution in [0.3, 0.4) is 0 Å². The van der Waals surface area contributed by atoms with Gasteiger partial charge in [-0.3, -0.25) is 4.79 Å². The van der Waals surface area contributed by atoms with Gasteiger partial charge in [-0.2, -0.15) is 0 Å². The maximum absolute atomic E-state index is 12.0. The fourth-order valence-electron chi connectivity index (χ4n) is 2.04. The van der Waals surface area contributed by atoms with E-state index in [4.69, 9.17) is 4.74 Å². The quantitative estimate of drug-likeness (QED) is 0.740. The number of ketones is 1. The minimum Gasteiger partial charge on any atom is -0.493 e. The number of hydrogen-bond donors (Lipinski definition) is 0. The van der Waals surface area contributed by atoms with Gasteiger partial charge < -0.3 is 4.74 Å². The summed E-state index contributed by atoms with van der Waals surface area (Å²) in [4.78, 5) is 12.0. The van der Waals surface area contributed by atoms with E-state index in [1.165, 1.54) is 0 Å². The maximum atomic E-state index is 12.0. The summed E-state index contributed by atoms with van der Waals surface area (Å²) >= 11 is 0. The zero-order chi connectivity index (χ0) is 10.8. The molecule has 0 N–H and O–H groups in total. The third kappa shape index (κ3) is 1.89. The average Bonchev–Trinajstić information content (AvgIpc) is 2.27. The highest BCUT2D eigenvalue weighted by Gasteiger charge is 2.28. The van der Waals surface area contributed by atoms with Crippen LogP contribution in [0.5, 0.6) is 5.75 Å². The molecular weight excluding hydrogens is 188 g/mol. The van der Waals surface area contributed by atoms with Crippen LogP contribution in [-0.2, 0) is 4.79 Å². The Kier molecular flexibility index (Phi) is 2.76. The fourth-order valence-corrected chi connectivity index (χ4v) is 2.04. The number of Topliss-reactive ketones (excluding diaryl/α,β-unsaturated/α-hetero) is 1. The molecule has 0 bridgehead atoms. The van der Waals surface area contributed by atoms with Crippen LogP contribution in [0.15, 0.2) is 24.3 Å². The Labute approximate surface area is 90.3 Å². The normalized spacial score (nSPS) is 19.5. The van der Waals surface area contributed by atoms with Crippen molar-refractivity contribution in [3.8, 4) is 5.75 Å². The lowest BCUT2D eigenvalue weighted by molar-refractivity contribution is -0.124. The summed E-state index contributed by atoms with van der Waals surface area (Å²) in [5.74, 6) is 1.34. The summed E-state index contributed by atoms with van der Waals surface area (Å²) in [5.41, 5.74) is 1.06. The molecule has 15 heavy (non-hydrogen) atoms. The van der Waals surface area contributed by atoms with Crippen molar-refractivity contribution in [1.82, 2.24) is 0 Å². The van der Waals surface area contributed by atoms with Gasteiger partial charge in [0.15, 0.2) is 0 Å². The molecule has 0 fully saturated rings. The number of carbonyl (C=O) groups is 1. The van der Waals surface area contributed by atoms with Gasteiger partial charge in [-0.1, -0.05) is 32.0 Å². The summed E-state index contributed by atoms with van der Waals surface area (Å²) in [7, 11) is 0. The highest BCUT2D eigenvalue weighted by molar-refractivity contribution is 5.88. The highest BCUT2D eigenvalue weighted by atomic mass is 16.5. The van der Waals surface area contributed by atoms with E-state index in [9.17, 15) is 4.79 Å². The molecule has 1 heterocycles. The van der Waals surface area contributed by atoms with Gasteiger partial charge in [0.1, 0.15) is 11.5 Å². The number of para-hydroxylation sites is 1. The van der Waals surface area contributed by atoms with Crippen LogP contribution in [0.1, 0.15) is 31.7 Å². The van der Waals surface area contributed by atoms with Crippen molar-refractivity contribution in [3.05, 3.63) is 29.8 Å². The summed E-state index contributed by atoms with van der Waals surface area (Å²) in [6.45, 7) is 4.57. The monoisotopic (exact) mass is 204 g/mol. The first-order chi connectivity index (χ1) is 7.20. The molecule has 1 aromatic rings. The molecule has 0 amide bonds. The van der Waals surface area contributed by atoms with Crippen molar-refractivity contribution >= 4 is 5.78 Å². The number of benzene rings is 1. The molecule has 2 rings (SSSR count). The number of fused-ring (bicyclic) bond motifs is 1. The van der Waals surface area contributed by atoms with E-state index in [1.807, 2.05) is 38.1 Å². The molecule has 2 heteroatoms. The SMILES string of the molecule is CC(C)C(=O)C1CCOc2ccccc21. The topological polar surface area (TPSA) is 26.3 Å². The Bertz CT molecular complexity index is 369. The predicted molar refractivity (Wildman–Crippen MR) is 59.1 cm³/mol. The molecule has 1 unspecified atom stereocenters. The molecule has 0 spiro atoms. The van der Waals surface area contributed by atoms with Crippen molar-refractivity contribution in [3.63, 3.8) is 0 Å². The molecule has 2 nitrogen and oxygen atoms in total. The first kappa shape index (κ1) is 10.2. The number of ether oxygens (including phenoxy) is 1. The summed E-state index contributed by atoms with van der Waals surface area (Å²) in [6, 6.07) is 7.85. The molecule has 80 valence electrons. The molecule has 1 aromatic carbocycles. The van der Waals surface area contributed by atoms with Crippen LogP contribution in [0.4, 0.5) is 0 Å². The van der Waals surface area contributed by atoms with Crippen LogP contribution in [0.2, 0.25) is 0 Å². The minimum absolute atomic E-state index is 0.0370. The first-order valence-corrected chi connectivity index (χ1v) is 5.45. The van der Waals surface area contributed by atoms with Crippen LogP contribution >= 0.6 is 0 Å². The molecule has 1 atom stereocenters. The Morgan fingerprint density at radius 2 is 2.13 bits per heavy atom. The van der Waals surface area contributed by atoms with E-state index in [0.29, 0.717) is 12.4 Å². The Morgan fingerprint density at radius 3 is 2.87 bits per heavy atom. The molecule has 0 saturated carbocycles. The van der Waals surface area contributed by atoms with Crippen molar-refractivity contribution < 1.29 is 9.53 Å². The molecule has 1 aliphatic rings. The Balaban J connectivity index is 2.34. The fraction of sp³-hybridized carbons (Fsp3) is 0.462. The van der Waals surface area contributed by atoms with E-state index in [1.54, 1.807) is 0 Å². The maximum Gasteiger partial charge on any atom is 0.143 e. The smallest absolute Gasteiger partial charge is 0.143 e. The van der Waals surface area contributed by atoms with Crippen LogP contribution < -0.4 is 4.74 Å². The Morgan fingerprint density at radius 1 is 1.40 bits per heavy atom. The minimum atomic E-state index is 0.0370. The van der Waals surface area contributed by atoms with Gasteiger partial charge in [-0.05, 0) is 12.5 Å². The van der Waals surface area contributed by atoms with Gasteiger partial charge in [-0.25, -0.2) is 0 Å². The number of rotatable bonds is 2. The van der Waals surface area contributed by atoms with E-state index in [2.05, 4.69) is 0 Å². The Hall–Kier alpha value is -1.31. The second-order valence-electron chi connectivity index (χ2n) is 4.28. The van der Waals surface area contributed by atoms with Crippen LogP contribution in [0, 0.1) is 5.92 Å².